The number of aryl methyl sites for hydroxylation is 1. The molecule has 1 aromatic carbocycles. The van der Waals surface area contributed by atoms with Crippen LogP contribution in [-0.2, 0) is 6.42 Å². The summed E-state index contributed by atoms with van der Waals surface area (Å²) >= 11 is 0. The highest BCUT2D eigenvalue weighted by molar-refractivity contribution is 5.96. The van der Waals surface area contributed by atoms with E-state index in [4.69, 9.17) is 5.84 Å². The Morgan fingerprint density at radius 2 is 2.07 bits per heavy atom. The number of hydrogen-bond acceptors (Lipinski definition) is 4. The molecule has 0 radical (unpaired) electrons. The Bertz CT molecular complexity index is 363. The van der Waals surface area contributed by atoms with Crippen molar-refractivity contribution in [1.82, 2.24) is 5.43 Å². The number of nitrogens with one attached hydrogen (secondary N) is 1. The van der Waals surface area contributed by atoms with Crippen LogP contribution in [0.4, 0.5) is 0 Å². The number of phenols is 2. The monoisotopic (exact) mass is 196 g/mol. The van der Waals surface area contributed by atoms with Crippen LogP contribution in [0.5, 0.6) is 11.5 Å². The summed E-state index contributed by atoms with van der Waals surface area (Å²) in [6.45, 7) is 1.83. The van der Waals surface area contributed by atoms with Crippen molar-refractivity contribution in [3.05, 3.63) is 23.3 Å². The van der Waals surface area contributed by atoms with Crippen LogP contribution in [0.15, 0.2) is 12.1 Å². The van der Waals surface area contributed by atoms with E-state index >= 15 is 0 Å². The number of nitrogens with two attached hydrogens (primary N) is 1. The van der Waals surface area contributed by atoms with E-state index in [9.17, 15) is 15.0 Å². The minimum Gasteiger partial charge on any atom is -0.508 e. The van der Waals surface area contributed by atoms with Gasteiger partial charge in [-0.15, -0.1) is 0 Å². The summed E-state index contributed by atoms with van der Waals surface area (Å²) in [5, 5.41) is 18.7. The van der Waals surface area contributed by atoms with Gasteiger partial charge in [-0.2, -0.15) is 0 Å². The van der Waals surface area contributed by atoms with Gasteiger partial charge in [-0.25, -0.2) is 5.84 Å². The zero-order valence-corrected chi connectivity index (χ0v) is 7.74. The van der Waals surface area contributed by atoms with Gasteiger partial charge in [0.1, 0.15) is 11.5 Å². The molecule has 1 amide bonds. The first kappa shape index (κ1) is 10.3. The highest BCUT2D eigenvalue weighted by Crippen LogP contribution is 2.27. The summed E-state index contributed by atoms with van der Waals surface area (Å²) in [7, 11) is 0. The molecule has 1 aromatic rings. The molecule has 5 nitrogen and oxygen atoms in total. The molecule has 0 unspecified atom stereocenters. The largest absolute Gasteiger partial charge is 0.508 e. The Kier molecular flexibility index (Phi) is 2.93. The van der Waals surface area contributed by atoms with Gasteiger partial charge < -0.3 is 10.2 Å². The minimum absolute atomic E-state index is 0.0291. The van der Waals surface area contributed by atoms with Crippen molar-refractivity contribution in [2.45, 2.75) is 13.3 Å². The number of phenolic OH excluding ortho intramolecular Hbond substituents is 2. The highest BCUT2D eigenvalue weighted by Gasteiger charge is 2.13. The third kappa shape index (κ3) is 1.77. The second-order valence-electron chi connectivity index (χ2n) is 2.83. The van der Waals surface area contributed by atoms with Crippen LogP contribution in [0.3, 0.4) is 0 Å². The third-order valence-electron chi connectivity index (χ3n) is 1.95. The van der Waals surface area contributed by atoms with Crippen LogP contribution >= 0.6 is 0 Å². The van der Waals surface area contributed by atoms with Crippen molar-refractivity contribution in [2.24, 2.45) is 5.84 Å². The number of benzene rings is 1. The Labute approximate surface area is 81.1 Å². The number of aromatic hydroxyl groups is 2. The van der Waals surface area contributed by atoms with Gasteiger partial charge in [0, 0.05) is 6.07 Å². The first-order chi connectivity index (χ1) is 6.60. The first-order valence-corrected chi connectivity index (χ1v) is 4.16. The van der Waals surface area contributed by atoms with E-state index in [0.717, 1.165) is 6.07 Å². The molecule has 0 bridgehead atoms. The van der Waals surface area contributed by atoms with Gasteiger partial charge in [-0.05, 0) is 18.1 Å². The first-order valence-electron chi connectivity index (χ1n) is 4.16. The van der Waals surface area contributed by atoms with Gasteiger partial charge in [0.15, 0.2) is 0 Å². The molecule has 1 rings (SSSR count). The zero-order chi connectivity index (χ0) is 10.7. The van der Waals surface area contributed by atoms with E-state index in [-0.39, 0.29) is 17.1 Å². The number of carbonyl (C=O) groups is 1. The van der Waals surface area contributed by atoms with E-state index in [0.29, 0.717) is 12.0 Å². The Morgan fingerprint density at radius 1 is 1.43 bits per heavy atom. The molecule has 0 heterocycles. The number of carbonyl (C=O) groups excluding carboxylic acids is 1. The molecule has 0 aromatic heterocycles. The molecular weight excluding hydrogens is 184 g/mol. The van der Waals surface area contributed by atoms with Crippen molar-refractivity contribution < 1.29 is 15.0 Å². The molecule has 0 aliphatic carbocycles. The summed E-state index contributed by atoms with van der Waals surface area (Å²) in [5.74, 6) is 4.03. The lowest BCUT2D eigenvalue weighted by atomic mass is 10.1. The maximum absolute atomic E-state index is 11.1. The summed E-state index contributed by atoms with van der Waals surface area (Å²) < 4.78 is 0. The number of amides is 1. The molecule has 0 saturated heterocycles. The van der Waals surface area contributed by atoms with Crippen molar-refractivity contribution in [3.8, 4) is 11.5 Å². The van der Waals surface area contributed by atoms with Crippen LogP contribution in [0.2, 0.25) is 0 Å². The second-order valence-corrected chi connectivity index (χ2v) is 2.83. The van der Waals surface area contributed by atoms with Gasteiger partial charge in [0.2, 0.25) is 0 Å². The molecule has 14 heavy (non-hydrogen) atoms. The molecule has 0 aliphatic rings. The topological polar surface area (TPSA) is 95.6 Å². The fourth-order valence-electron chi connectivity index (χ4n) is 1.16. The fourth-order valence-corrected chi connectivity index (χ4v) is 1.16. The number of hydrogen-bond donors (Lipinski definition) is 4. The summed E-state index contributed by atoms with van der Waals surface area (Å²) in [4.78, 5) is 11.1. The molecule has 5 heteroatoms. The SMILES string of the molecule is CCc1cc(C(=O)NN)c(O)cc1O. The molecular formula is C9H12N2O3. The Morgan fingerprint density at radius 3 is 2.57 bits per heavy atom. The van der Waals surface area contributed by atoms with Crippen molar-refractivity contribution in [3.63, 3.8) is 0 Å². The van der Waals surface area contributed by atoms with Crippen LogP contribution in [0.1, 0.15) is 22.8 Å². The summed E-state index contributed by atoms with van der Waals surface area (Å²) in [5.41, 5.74) is 2.55. The Balaban J connectivity index is 3.24. The van der Waals surface area contributed by atoms with Crippen molar-refractivity contribution >= 4 is 5.91 Å². The fraction of sp³-hybridized carbons (Fsp3) is 0.222. The Hall–Kier alpha value is -1.75. The highest BCUT2D eigenvalue weighted by atomic mass is 16.3. The summed E-state index contributed by atoms with van der Waals surface area (Å²) in [6, 6.07) is 2.54. The number of hydrazine groups is 1. The average Bonchev–Trinajstić information content (AvgIpc) is 2.17. The summed E-state index contributed by atoms with van der Waals surface area (Å²) in [6.07, 6.45) is 0.566. The van der Waals surface area contributed by atoms with Gasteiger partial charge in [-0.3, -0.25) is 10.2 Å². The molecule has 0 spiro atoms. The maximum atomic E-state index is 11.1. The van der Waals surface area contributed by atoms with Gasteiger partial charge in [0.25, 0.3) is 5.91 Å². The van der Waals surface area contributed by atoms with E-state index in [1.165, 1.54) is 6.07 Å². The standard InChI is InChI=1S/C9H12N2O3/c1-2-5-3-6(9(14)11-10)8(13)4-7(5)12/h3-4,12-13H,2,10H2,1H3,(H,11,14). The molecule has 0 atom stereocenters. The molecule has 5 N–H and O–H groups in total. The van der Waals surface area contributed by atoms with E-state index in [1.807, 2.05) is 12.3 Å². The quantitative estimate of drug-likeness (QED) is 0.310. The van der Waals surface area contributed by atoms with E-state index in [1.54, 1.807) is 0 Å². The van der Waals surface area contributed by atoms with Crippen LogP contribution in [0.25, 0.3) is 0 Å². The van der Waals surface area contributed by atoms with Crippen LogP contribution < -0.4 is 11.3 Å². The maximum Gasteiger partial charge on any atom is 0.268 e. The third-order valence-corrected chi connectivity index (χ3v) is 1.95. The molecule has 0 fully saturated rings. The molecule has 76 valence electrons. The predicted octanol–water partition coefficient (Wildman–Crippen LogP) is 0.264. The molecule has 0 saturated carbocycles. The van der Waals surface area contributed by atoms with Gasteiger partial charge in [0.05, 0.1) is 5.56 Å². The van der Waals surface area contributed by atoms with E-state index < -0.39 is 5.91 Å². The lowest BCUT2D eigenvalue weighted by Gasteiger charge is -2.07. The second kappa shape index (κ2) is 3.97. The number of rotatable bonds is 2. The van der Waals surface area contributed by atoms with Crippen LogP contribution in [0, 0.1) is 0 Å². The lowest BCUT2D eigenvalue weighted by Crippen LogP contribution is -2.30. The van der Waals surface area contributed by atoms with Gasteiger partial charge in [-0.1, -0.05) is 6.92 Å². The lowest BCUT2D eigenvalue weighted by molar-refractivity contribution is 0.0951. The smallest absolute Gasteiger partial charge is 0.268 e. The minimum atomic E-state index is -0.586. The average molecular weight is 196 g/mol. The zero-order valence-electron chi connectivity index (χ0n) is 7.74. The molecule has 0 aliphatic heterocycles. The van der Waals surface area contributed by atoms with Gasteiger partial charge >= 0.3 is 0 Å². The predicted molar refractivity (Wildman–Crippen MR) is 50.8 cm³/mol. The van der Waals surface area contributed by atoms with E-state index in [2.05, 4.69) is 0 Å². The van der Waals surface area contributed by atoms with Crippen molar-refractivity contribution in [1.29, 1.82) is 0 Å². The van der Waals surface area contributed by atoms with Crippen molar-refractivity contribution in [2.75, 3.05) is 0 Å². The van der Waals surface area contributed by atoms with Crippen LogP contribution in [-0.4, -0.2) is 16.1 Å². The number of nitrogen functional groups attached to an aromatic ring is 1. The normalized spacial score (nSPS) is 9.86.